The van der Waals surface area contributed by atoms with Gasteiger partial charge in [-0.3, -0.25) is 9.59 Å². The van der Waals surface area contributed by atoms with Gasteiger partial charge >= 0.3 is 0 Å². The molecule has 0 aliphatic carbocycles. The van der Waals surface area contributed by atoms with Crippen LogP contribution in [0.25, 0.3) is 0 Å². The van der Waals surface area contributed by atoms with Gasteiger partial charge in [-0.15, -0.1) is 0 Å². The molecular weight excluding hydrogens is 427 g/mol. The van der Waals surface area contributed by atoms with E-state index in [0.29, 0.717) is 29.2 Å². The van der Waals surface area contributed by atoms with E-state index in [1.54, 1.807) is 23.1 Å². The summed E-state index contributed by atoms with van der Waals surface area (Å²) in [4.78, 5) is 26.3. The van der Waals surface area contributed by atoms with Crippen molar-refractivity contribution in [3.8, 4) is 0 Å². The van der Waals surface area contributed by atoms with Gasteiger partial charge in [-0.05, 0) is 65.4 Å². The van der Waals surface area contributed by atoms with Crippen LogP contribution in [0, 0.1) is 3.57 Å². The Labute approximate surface area is 153 Å². The number of nitrogens with one attached hydrogen (secondary N) is 1. The zero-order valence-corrected chi connectivity index (χ0v) is 15.1. The lowest BCUT2D eigenvalue weighted by molar-refractivity contribution is -0.117. The Bertz CT molecular complexity index is 779. The van der Waals surface area contributed by atoms with Crippen LogP contribution in [0.2, 0.25) is 5.02 Å². The quantitative estimate of drug-likeness (QED) is 0.723. The summed E-state index contributed by atoms with van der Waals surface area (Å²) in [6, 6.07) is 12.5. The standard InChI is InChI=1S/C17H14ClIN2O2/c18-11-6-7-14(15(9-11)21-8-2-5-16(21)22)17(23)20-13-4-1-3-12(19)10-13/h1,3-4,6-7,9-10H,2,5,8H2,(H,20,23). The number of amides is 2. The molecule has 0 aromatic heterocycles. The molecule has 0 spiro atoms. The number of carbonyl (C=O) groups is 2. The first-order valence-electron chi connectivity index (χ1n) is 7.21. The van der Waals surface area contributed by atoms with Crippen molar-refractivity contribution < 1.29 is 9.59 Å². The van der Waals surface area contributed by atoms with Gasteiger partial charge in [0.15, 0.2) is 0 Å². The van der Waals surface area contributed by atoms with Crippen LogP contribution in [-0.4, -0.2) is 18.4 Å². The van der Waals surface area contributed by atoms with Gasteiger partial charge in [0.1, 0.15) is 0 Å². The Morgan fingerprint density at radius 2 is 2.04 bits per heavy atom. The molecule has 1 fully saturated rings. The van der Waals surface area contributed by atoms with Crippen LogP contribution in [0.5, 0.6) is 0 Å². The molecule has 0 atom stereocenters. The van der Waals surface area contributed by atoms with Crippen molar-refractivity contribution in [2.24, 2.45) is 0 Å². The normalized spacial score (nSPS) is 14.2. The van der Waals surface area contributed by atoms with Gasteiger partial charge in [0.05, 0.1) is 11.3 Å². The molecule has 1 aliphatic heterocycles. The molecular formula is C17H14ClIN2O2. The van der Waals surface area contributed by atoms with E-state index in [0.717, 1.165) is 15.7 Å². The smallest absolute Gasteiger partial charge is 0.257 e. The Kier molecular flexibility index (Phi) is 4.87. The van der Waals surface area contributed by atoms with E-state index in [9.17, 15) is 9.59 Å². The third-order valence-electron chi connectivity index (χ3n) is 3.65. The van der Waals surface area contributed by atoms with Gasteiger partial charge in [-0.1, -0.05) is 17.7 Å². The van der Waals surface area contributed by atoms with E-state index in [-0.39, 0.29) is 11.8 Å². The van der Waals surface area contributed by atoms with E-state index < -0.39 is 0 Å². The van der Waals surface area contributed by atoms with Crippen LogP contribution >= 0.6 is 34.2 Å². The van der Waals surface area contributed by atoms with Crippen molar-refractivity contribution in [2.75, 3.05) is 16.8 Å². The molecule has 118 valence electrons. The third kappa shape index (κ3) is 3.67. The summed E-state index contributed by atoms with van der Waals surface area (Å²) >= 11 is 8.25. The topological polar surface area (TPSA) is 49.4 Å². The van der Waals surface area contributed by atoms with Crippen molar-refractivity contribution in [2.45, 2.75) is 12.8 Å². The van der Waals surface area contributed by atoms with E-state index in [4.69, 9.17) is 11.6 Å². The summed E-state index contributed by atoms with van der Waals surface area (Å²) in [6.45, 7) is 0.614. The van der Waals surface area contributed by atoms with Gasteiger partial charge in [-0.2, -0.15) is 0 Å². The molecule has 1 heterocycles. The molecule has 1 saturated heterocycles. The average Bonchev–Trinajstić information content (AvgIpc) is 2.93. The van der Waals surface area contributed by atoms with Crippen molar-refractivity contribution in [3.05, 3.63) is 56.6 Å². The van der Waals surface area contributed by atoms with E-state index >= 15 is 0 Å². The minimum atomic E-state index is -0.252. The summed E-state index contributed by atoms with van der Waals surface area (Å²) in [6.07, 6.45) is 1.30. The number of hydrogen-bond donors (Lipinski definition) is 1. The average molecular weight is 441 g/mol. The second-order valence-corrected chi connectivity index (χ2v) is 6.96. The molecule has 6 heteroatoms. The van der Waals surface area contributed by atoms with Crippen LogP contribution in [0.4, 0.5) is 11.4 Å². The fourth-order valence-corrected chi connectivity index (χ4v) is 3.30. The molecule has 2 aromatic rings. The largest absolute Gasteiger partial charge is 0.322 e. The molecule has 1 N–H and O–H groups in total. The molecule has 2 amide bonds. The van der Waals surface area contributed by atoms with E-state index in [1.165, 1.54) is 0 Å². The Balaban J connectivity index is 1.92. The maximum absolute atomic E-state index is 12.6. The van der Waals surface area contributed by atoms with Crippen LogP contribution in [0.3, 0.4) is 0 Å². The summed E-state index contributed by atoms with van der Waals surface area (Å²) < 4.78 is 1.03. The molecule has 0 radical (unpaired) electrons. The maximum atomic E-state index is 12.6. The predicted molar refractivity (Wildman–Crippen MR) is 100 cm³/mol. The summed E-state index contributed by atoms with van der Waals surface area (Å²) in [5, 5.41) is 3.38. The fraction of sp³-hybridized carbons (Fsp3) is 0.176. The molecule has 0 unspecified atom stereocenters. The van der Waals surface area contributed by atoms with Gasteiger partial charge < -0.3 is 10.2 Å². The van der Waals surface area contributed by atoms with E-state index in [2.05, 4.69) is 27.9 Å². The zero-order valence-electron chi connectivity index (χ0n) is 12.2. The summed E-state index contributed by atoms with van der Waals surface area (Å²) in [5.74, 6) is -0.228. The van der Waals surface area contributed by atoms with Crippen LogP contribution in [0.1, 0.15) is 23.2 Å². The first-order chi connectivity index (χ1) is 11.0. The Morgan fingerprint density at radius 1 is 1.22 bits per heavy atom. The lowest BCUT2D eigenvalue weighted by Crippen LogP contribution is -2.27. The first kappa shape index (κ1) is 16.3. The minimum absolute atomic E-state index is 0.0237. The van der Waals surface area contributed by atoms with Gasteiger partial charge in [0.2, 0.25) is 5.91 Å². The molecule has 4 nitrogen and oxygen atoms in total. The second-order valence-electron chi connectivity index (χ2n) is 5.27. The van der Waals surface area contributed by atoms with Crippen molar-refractivity contribution in [3.63, 3.8) is 0 Å². The number of anilines is 2. The second kappa shape index (κ2) is 6.88. The molecule has 3 rings (SSSR count). The Morgan fingerprint density at radius 3 is 2.74 bits per heavy atom. The lowest BCUT2D eigenvalue weighted by atomic mass is 10.1. The SMILES string of the molecule is O=C(Nc1cccc(I)c1)c1ccc(Cl)cc1N1CCCC1=O. The number of benzene rings is 2. The highest BCUT2D eigenvalue weighted by molar-refractivity contribution is 14.1. The highest BCUT2D eigenvalue weighted by Gasteiger charge is 2.26. The summed E-state index contributed by atoms with van der Waals surface area (Å²) in [5.41, 5.74) is 1.74. The van der Waals surface area contributed by atoms with Gasteiger partial charge in [-0.25, -0.2) is 0 Å². The highest BCUT2D eigenvalue weighted by atomic mass is 127. The highest BCUT2D eigenvalue weighted by Crippen LogP contribution is 2.29. The molecule has 23 heavy (non-hydrogen) atoms. The summed E-state index contributed by atoms with van der Waals surface area (Å²) in [7, 11) is 0. The zero-order chi connectivity index (χ0) is 16.4. The third-order valence-corrected chi connectivity index (χ3v) is 4.56. The Hall–Kier alpha value is -1.60. The number of carbonyl (C=O) groups excluding carboxylic acids is 2. The molecule has 0 saturated carbocycles. The lowest BCUT2D eigenvalue weighted by Gasteiger charge is -2.19. The van der Waals surface area contributed by atoms with Gasteiger partial charge in [0, 0.05) is 27.2 Å². The monoisotopic (exact) mass is 440 g/mol. The van der Waals surface area contributed by atoms with Gasteiger partial charge in [0.25, 0.3) is 5.91 Å². The van der Waals surface area contributed by atoms with Crippen molar-refractivity contribution in [1.29, 1.82) is 0 Å². The molecule has 2 aromatic carbocycles. The number of hydrogen-bond acceptors (Lipinski definition) is 2. The molecule has 0 bridgehead atoms. The van der Waals surface area contributed by atoms with E-state index in [1.807, 2.05) is 24.3 Å². The van der Waals surface area contributed by atoms with Crippen LogP contribution in [0.15, 0.2) is 42.5 Å². The minimum Gasteiger partial charge on any atom is -0.322 e. The first-order valence-corrected chi connectivity index (χ1v) is 8.67. The van der Waals surface area contributed by atoms with Crippen molar-refractivity contribution in [1.82, 2.24) is 0 Å². The van der Waals surface area contributed by atoms with Crippen LogP contribution < -0.4 is 10.2 Å². The number of nitrogens with zero attached hydrogens (tertiary/aromatic N) is 1. The van der Waals surface area contributed by atoms with Crippen molar-refractivity contribution >= 4 is 57.4 Å². The number of rotatable bonds is 3. The predicted octanol–water partition coefficient (Wildman–Crippen LogP) is 4.32. The molecule has 1 aliphatic rings. The van der Waals surface area contributed by atoms with Crippen LogP contribution in [-0.2, 0) is 4.79 Å². The maximum Gasteiger partial charge on any atom is 0.257 e. The fourth-order valence-electron chi connectivity index (χ4n) is 2.59. The number of halogens is 2.